The van der Waals surface area contributed by atoms with Crippen molar-refractivity contribution in [3.63, 3.8) is 0 Å². The molecular weight excluding hydrogens is 333 g/mol. The number of carbonyl (C=O) groups excluding carboxylic acids is 1. The fourth-order valence-corrected chi connectivity index (χ4v) is 3.72. The zero-order chi connectivity index (χ0) is 18.4. The molecule has 1 saturated heterocycles. The standard InChI is InChI=1S/C19H22FN5O/c1-12(2)24-7-8-25-16(11-24)19(26)23(3)15-9-13(10-22-18(15)25)17-14(20)5-4-6-21-17/h4-6,9-10,12,16H,7-8,11H2,1-3H3/t16-/m1/s1. The number of pyridine rings is 2. The minimum atomic E-state index is -0.400. The van der Waals surface area contributed by atoms with Gasteiger partial charge in [-0.1, -0.05) is 0 Å². The van der Waals surface area contributed by atoms with Crippen LogP contribution in [-0.2, 0) is 4.79 Å². The number of likely N-dealkylation sites (N-methyl/N-ethyl adjacent to an activating group) is 1. The first-order valence-electron chi connectivity index (χ1n) is 8.86. The lowest BCUT2D eigenvalue weighted by Crippen LogP contribution is -2.63. The second-order valence-electron chi connectivity index (χ2n) is 7.10. The van der Waals surface area contributed by atoms with E-state index in [-0.39, 0.29) is 17.6 Å². The van der Waals surface area contributed by atoms with Crippen LogP contribution in [0, 0.1) is 5.82 Å². The number of halogens is 1. The van der Waals surface area contributed by atoms with E-state index in [2.05, 4.69) is 33.6 Å². The molecule has 26 heavy (non-hydrogen) atoms. The van der Waals surface area contributed by atoms with Crippen LogP contribution in [0.2, 0.25) is 0 Å². The van der Waals surface area contributed by atoms with E-state index >= 15 is 0 Å². The predicted molar refractivity (Wildman–Crippen MR) is 98.7 cm³/mol. The molecule has 2 aromatic heterocycles. The Labute approximate surface area is 152 Å². The maximum atomic E-state index is 14.1. The van der Waals surface area contributed by atoms with Gasteiger partial charge in [0.05, 0.1) is 5.69 Å². The Kier molecular flexibility index (Phi) is 4.11. The summed E-state index contributed by atoms with van der Waals surface area (Å²) in [6.07, 6.45) is 3.19. The summed E-state index contributed by atoms with van der Waals surface area (Å²) in [4.78, 5) is 27.7. The van der Waals surface area contributed by atoms with Gasteiger partial charge in [-0.05, 0) is 32.0 Å². The topological polar surface area (TPSA) is 52.6 Å². The van der Waals surface area contributed by atoms with Crippen LogP contribution in [0.15, 0.2) is 30.6 Å². The SMILES string of the molecule is CC(C)N1CCN2c3ncc(-c4ncccc4F)cc3N(C)C(=O)[C@H]2C1. The third-order valence-electron chi connectivity index (χ3n) is 5.27. The van der Waals surface area contributed by atoms with Crippen molar-refractivity contribution in [2.24, 2.45) is 0 Å². The first-order valence-corrected chi connectivity index (χ1v) is 8.86. The van der Waals surface area contributed by atoms with Crippen LogP contribution in [-0.4, -0.2) is 59.5 Å². The largest absolute Gasteiger partial charge is 0.340 e. The summed E-state index contributed by atoms with van der Waals surface area (Å²) in [7, 11) is 1.76. The van der Waals surface area contributed by atoms with Crippen LogP contribution in [0.1, 0.15) is 13.8 Å². The van der Waals surface area contributed by atoms with Crippen molar-refractivity contribution in [1.82, 2.24) is 14.9 Å². The Morgan fingerprint density at radius 2 is 2.08 bits per heavy atom. The van der Waals surface area contributed by atoms with E-state index in [1.54, 1.807) is 36.5 Å². The highest BCUT2D eigenvalue weighted by Crippen LogP contribution is 2.37. The third-order valence-corrected chi connectivity index (χ3v) is 5.27. The highest BCUT2D eigenvalue weighted by Gasteiger charge is 2.41. The van der Waals surface area contributed by atoms with E-state index < -0.39 is 5.82 Å². The fraction of sp³-hybridized carbons (Fsp3) is 0.421. The monoisotopic (exact) mass is 355 g/mol. The van der Waals surface area contributed by atoms with Crippen LogP contribution in [0.25, 0.3) is 11.3 Å². The lowest BCUT2D eigenvalue weighted by molar-refractivity contribution is -0.121. The number of nitrogens with zero attached hydrogens (tertiary/aromatic N) is 5. The molecule has 1 atom stereocenters. The average Bonchev–Trinajstić information content (AvgIpc) is 2.65. The van der Waals surface area contributed by atoms with E-state index in [0.717, 1.165) is 18.9 Å². The number of fused-ring (bicyclic) bond motifs is 3. The molecule has 6 nitrogen and oxygen atoms in total. The highest BCUT2D eigenvalue weighted by molar-refractivity contribution is 6.05. The van der Waals surface area contributed by atoms with Gasteiger partial charge in [-0.15, -0.1) is 0 Å². The molecule has 1 amide bonds. The smallest absolute Gasteiger partial charge is 0.250 e. The number of hydrogen-bond donors (Lipinski definition) is 0. The van der Waals surface area contributed by atoms with Gasteiger partial charge in [-0.25, -0.2) is 9.37 Å². The third kappa shape index (κ3) is 2.63. The van der Waals surface area contributed by atoms with Crippen LogP contribution in [0.3, 0.4) is 0 Å². The molecule has 0 aliphatic carbocycles. The number of amides is 1. The van der Waals surface area contributed by atoms with E-state index in [1.807, 2.05) is 0 Å². The molecule has 0 saturated carbocycles. The number of anilines is 2. The van der Waals surface area contributed by atoms with Crippen molar-refractivity contribution in [3.8, 4) is 11.3 Å². The van der Waals surface area contributed by atoms with Gasteiger partial charge in [0.2, 0.25) is 0 Å². The lowest BCUT2D eigenvalue weighted by atomic mass is 10.0. The summed E-state index contributed by atoms with van der Waals surface area (Å²) >= 11 is 0. The highest BCUT2D eigenvalue weighted by atomic mass is 19.1. The number of rotatable bonds is 2. The van der Waals surface area contributed by atoms with Crippen LogP contribution >= 0.6 is 0 Å². The maximum absolute atomic E-state index is 14.1. The summed E-state index contributed by atoms with van der Waals surface area (Å²) in [5.74, 6) is 0.423. The van der Waals surface area contributed by atoms with Crippen molar-refractivity contribution in [2.75, 3.05) is 36.5 Å². The summed E-state index contributed by atoms with van der Waals surface area (Å²) < 4.78 is 14.1. The number of piperazine rings is 1. The molecule has 0 N–H and O–H groups in total. The van der Waals surface area contributed by atoms with Crippen molar-refractivity contribution in [1.29, 1.82) is 0 Å². The van der Waals surface area contributed by atoms with Gasteiger partial charge in [-0.2, -0.15) is 0 Å². The zero-order valence-corrected chi connectivity index (χ0v) is 15.2. The molecule has 0 spiro atoms. The van der Waals surface area contributed by atoms with Gasteiger partial charge in [-0.3, -0.25) is 14.7 Å². The van der Waals surface area contributed by atoms with E-state index in [0.29, 0.717) is 23.8 Å². The summed E-state index contributed by atoms with van der Waals surface area (Å²) in [5, 5.41) is 0. The van der Waals surface area contributed by atoms with E-state index in [9.17, 15) is 9.18 Å². The molecule has 7 heteroatoms. The van der Waals surface area contributed by atoms with Gasteiger partial charge in [0.25, 0.3) is 5.91 Å². The molecule has 4 rings (SSSR count). The average molecular weight is 355 g/mol. The first kappa shape index (κ1) is 16.9. The number of aromatic nitrogens is 2. The Bertz CT molecular complexity index is 856. The second kappa shape index (κ2) is 6.32. The van der Waals surface area contributed by atoms with Gasteiger partial charge in [0.15, 0.2) is 5.82 Å². The lowest BCUT2D eigenvalue weighted by Gasteiger charge is -2.47. The molecule has 2 aliphatic rings. The quantitative estimate of drug-likeness (QED) is 0.826. The van der Waals surface area contributed by atoms with Gasteiger partial charge in [0, 0.05) is 50.7 Å². The maximum Gasteiger partial charge on any atom is 0.250 e. The molecular formula is C19H22FN5O. The van der Waals surface area contributed by atoms with Crippen molar-refractivity contribution >= 4 is 17.4 Å². The fourth-order valence-electron chi connectivity index (χ4n) is 3.72. The minimum absolute atomic E-state index is 0.0447. The summed E-state index contributed by atoms with van der Waals surface area (Å²) in [6.45, 7) is 6.63. The van der Waals surface area contributed by atoms with E-state index in [1.165, 1.54) is 6.07 Å². The van der Waals surface area contributed by atoms with Crippen LogP contribution < -0.4 is 9.80 Å². The number of carbonyl (C=O) groups is 1. The zero-order valence-electron chi connectivity index (χ0n) is 15.2. The van der Waals surface area contributed by atoms with Gasteiger partial charge in [0.1, 0.15) is 17.6 Å². The second-order valence-corrected chi connectivity index (χ2v) is 7.10. The molecule has 0 radical (unpaired) electrons. The summed E-state index contributed by atoms with van der Waals surface area (Å²) in [5.41, 5.74) is 1.52. The molecule has 136 valence electrons. The normalized spacial score (nSPS) is 20.3. The Balaban J connectivity index is 1.74. The Morgan fingerprint density at radius 3 is 2.81 bits per heavy atom. The van der Waals surface area contributed by atoms with Crippen LogP contribution in [0.4, 0.5) is 15.9 Å². The van der Waals surface area contributed by atoms with E-state index in [4.69, 9.17) is 0 Å². The van der Waals surface area contributed by atoms with Crippen molar-refractivity contribution in [3.05, 3.63) is 36.4 Å². The Hall–Kier alpha value is -2.54. The molecule has 2 aromatic rings. The molecule has 0 bridgehead atoms. The van der Waals surface area contributed by atoms with Gasteiger partial charge < -0.3 is 9.80 Å². The first-order chi connectivity index (χ1) is 12.5. The molecule has 1 fully saturated rings. The molecule has 0 aromatic carbocycles. The molecule has 2 aliphatic heterocycles. The molecule has 4 heterocycles. The van der Waals surface area contributed by atoms with Crippen molar-refractivity contribution in [2.45, 2.75) is 25.9 Å². The minimum Gasteiger partial charge on any atom is -0.340 e. The number of hydrogen-bond acceptors (Lipinski definition) is 5. The van der Waals surface area contributed by atoms with Gasteiger partial charge >= 0.3 is 0 Å². The van der Waals surface area contributed by atoms with Crippen LogP contribution in [0.5, 0.6) is 0 Å². The summed E-state index contributed by atoms with van der Waals surface area (Å²) in [6, 6.07) is 4.90. The molecule has 0 unspecified atom stereocenters. The predicted octanol–water partition coefficient (Wildman–Crippen LogP) is 2.16. The van der Waals surface area contributed by atoms with Crippen molar-refractivity contribution < 1.29 is 9.18 Å². The Morgan fingerprint density at radius 1 is 1.27 bits per heavy atom.